The van der Waals surface area contributed by atoms with Crippen molar-refractivity contribution in [1.82, 2.24) is 40.0 Å². The number of benzene rings is 5. The second-order valence-electron chi connectivity index (χ2n) is 19.8. The predicted molar refractivity (Wildman–Crippen MR) is 271 cm³/mol. The summed E-state index contributed by atoms with van der Waals surface area (Å²) in [6.07, 6.45) is 8.75. The van der Waals surface area contributed by atoms with Crippen LogP contribution in [0.3, 0.4) is 0 Å². The van der Waals surface area contributed by atoms with Gasteiger partial charge in [-0.05, 0) is 94.3 Å². The molecule has 3 heterocycles. The lowest BCUT2D eigenvalue weighted by molar-refractivity contribution is -0.141. The Morgan fingerprint density at radius 3 is 2.25 bits per heavy atom. The molecule has 7 aromatic rings. The molecule has 3 aliphatic carbocycles. The Kier molecular flexibility index (Phi) is 11.9. The lowest BCUT2D eigenvalue weighted by Crippen LogP contribution is -2.48. The molecule has 3 fully saturated rings. The number of carbonyl (C=O) groups is 4. The van der Waals surface area contributed by atoms with Gasteiger partial charge in [0.25, 0.3) is 11.8 Å². The van der Waals surface area contributed by atoms with Crippen LogP contribution in [0.2, 0.25) is 0 Å². The third-order valence-electron chi connectivity index (χ3n) is 15.8. The highest BCUT2D eigenvalue weighted by atomic mass is 16.5. The Labute approximate surface area is 412 Å². The maximum absolute atomic E-state index is 14.7. The van der Waals surface area contributed by atoms with Gasteiger partial charge in [0.15, 0.2) is 0 Å². The van der Waals surface area contributed by atoms with Gasteiger partial charge in [-0.15, -0.1) is 0 Å². The first-order valence-electron chi connectivity index (χ1n) is 24.7. The van der Waals surface area contributed by atoms with Gasteiger partial charge in [0.05, 0.1) is 49.7 Å². The summed E-state index contributed by atoms with van der Waals surface area (Å²) in [6, 6.07) is 34.3. The van der Waals surface area contributed by atoms with Crippen LogP contribution in [0.15, 0.2) is 128 Å². The number of piperidine rings is 1. The lowest BCUT2D eigenvalue weighted by Gasteiger charge is -2.38. The number of likely N-dealkylation sites (N-methyl/N-ethyl adjacent to an activating group) is 1. The normalized spacial score (nSPS) is 22.7. The molecular formula is C57H58N8O6. The monoisotopic (exact) mass is 950 g/mol. The van der Waals surface area contributed by atoms with Gasteiger partial charge in [0, 0.05) is 30.4 Å². The number of alkyl carbamates (subject to hydrolysis) is 1. The Morgan fingerprint density at radius 1 is 0.831 bits per heavy atom. The van der Waals surface area contributed by atoms with Crippen LogP contribution < -0.4 is 5.32 Å². The first-order valence-corrected chi connectivity index (χ1v) is 24.7. The average molecular weight is 951 g/mol. The van der Waals surface area contributed by atoms with E-state index in [0.717, 1.165) is 81.3 Å². The Morgan fingerprint density at radius 2 is 1.56 bits per heavy atom. The minimum Gasteiger partial charge on any atom is -0.453 e. The number of methoxy groups -OCH3 is 2. The van der Waals surface area contributed by atoms with E-state index in [1.54, 1.807) is 7.05 Å². The van der Waals surface area contributed by atoms with E-state index in [-0.39, 0.29) is 54.2 Å². The highest BCUT2D eigenvalue weighted by Gasteiger charge is 2.53. The number of aromatic amines is 2. The first kappa shape index (κ1) is 45.7. The van der Waals surface area contributed by atoms with Crippen molar-refractivity contribution < 1.29 is 28.7 Å². The van der Waals surface area contributed by atoms with E-state index in [4.69, 9.17) is 19.4 Å². The number of aromatic nitrogens is 4. The number of rotatable bonds is 13. The molecule has 2 aromatic heterocycles. The minimum atomic E-state index is -0.930. The minimum absolute atomic E-state index is 0.0114. The number of amides is 4. The second kappa shape index (κ2) is 18.5. The first-order chi connectivity index (χ1) is 34.5. The maximum Gasteiger partial charge on any atom is 0.410 e. The van der Waals surface area contributed by atoms with Gasteiger partial charge in [-0.1, -0.05) is 123 Å². The second-order valence-corrected chi connectivity index (χ2v) is 19.8. The summed E-state index contributed by atoms with van der Waals surface area (Å²) >= 11 is 0. The summed E-state index contributed by atoms with van der Waals surface area (Å²) in [4.78, 5) is 77.0. The number of H-pyrrole nitrogens is 2. The molecule has 1 saturated heterocycles. The van der Waals surface area contributed by atoms with Crippen molar-refractivity contribution in [3.8, 4) is 22.4 Å². The Balaban J connectivity index is 0.817. The number of imidazole rings is 2. The number of hydrogen-bond donors (Lipinski definition) is 3. The molecule has 5 aromatic carbocycles. The van der Waals surface area contributed by atoms with E-state index in [1.165, 1.54) is 24.7 Å². The number of nitrogens with one attached hydrogen (secondary N) is 3. The van der Waals surface area contributed by atoms with Crippen LogP contribution in [0.5, 0.6) is 0 Å². The van der Waals surface area contributed by atoms with E-state index in [0.29, 0.717) is 17.3 Å². The standard InChI is InChI=1S/C57H58N8O6/c1-32-33(2)50(32)64(54(66)48(62-56(68)70-4)38-20-16-35(17-21-38)34-12-9-13-34)31-47-59-45-27-24-41-28-40(23-26-44(41)49(45)61-47)36-14-18-37(19-15-36)46-30-58-53(60-46)51-42-22-25-43(29-42)65(51)55(67)52(63(3)57(69)71-5)39-10-7-6-8-11-39/h6-12,14-21,23-24,26-28,30,32-34,42-43,48,50-52H,13,22,25,29,31H2,1-5H3,(H,58,60)(H,59,61)(H,62,68). The molecule has 362 valence electrons. The number of likely N-dealkylation sites (tertiary alicyclic amines) is 1. The van der Waals surface area contributed by atoms with E-state index in [2.05, 4.69) is 89.8 Å². The van der Waals surface area contributed by atoms with Gasteiger partial charge in [0.2, 0.25) is 0 Å². The van der Waals surface area contributed by atoms with E-state index in [9.17, 15) is 19.2 Å². The Bertz CT molecular complexity index is 3180. The van der Waals surface area contributed by atoms with Crippen molar-refractivity contribution in [2.75, 3.05) is 21.3 Å². The largest absolute Gasteiger partial charge is 0.453 e. The predicted octanol–water partition coefficient (Wildman–Crippen LogP) is 10.4. The molecule has 14 nitrogen and oxygen atoms in total. The van der Waals surface area contributed by atoms with Crippen LogP contribution >= 0.6 is 0 Å². The zero-order chi connectivity index (χ0) is 49.1. The summed E-state index contributed by atoms with van der Waals surface area (Å²) < 4.78 is 10.0. The van der Waals surface area contributed by atoms with Crippen LogP contribution in [0, 0.1) is 17.8 Å². The number of allylic oxidation sites excluding steroid dienone is 2. The van der Waals surface area contributed by atoms with Crippen molar-refractivity contribution in [3.63, 3.8) is 0 Å². The molecule has 1 aliphatic heterocycles. The molecule has 0 spiro atoms. The molecule has 71 heavy (non-hydrogen) atoms. The number of fused-ring (bicyclic) bond motifs is 5. The fourth-order valence-corrected chi connectivity index (χ4v) is 11.6. The summed E-state index contributed by atoms with van der Waals surface area (Å²) in [6.45, 7) is 4.56. The number of nitrogens with zero attached hydrogens (tertiary/aromatic N) is 5. The maximum atomic E-state index is 14.7. The molecule has 8 unspecified atom stereocenters. The Hall–Kier alpha value is -7.74. The molecule has 11 rings (SSSR count). The summed E-state index contributed by atoms with van der Waals surface area (Å²) in [7, 11) is 4.25. The SMILES string of the molecule is COC(=O)NC(C(=O)N(Cc1nc2c(ccc3cc(-c4ccc(-c5cnc(C6C7CCC(C7)N6C(=O)C(c6ccccc6)N(C)C(=O)OC)[nH]5)cc4)ccc32)[nH]1)C1C(C)C1C)c1ccc(C2C=CC2)cc1. The number of hydrogen-bond acceptors (Lipinski definition) is 8. The molecule has 2 bridgehead atoms. The van der Waals surface area contributed by atoms with Crippen molar-refractivity contribution in [2.24, 2.45) is 17.8 Å². The molecule has 4 aliphatic rings. The number of ether oxygens (including phenoxy) is 2. The third kappa shape index (κ3) is 8.38. The topological polar surface area (TPSA) is 166 Å². The molecule has 3 N–H and O–H groups in total. The van der Waals surface area contributed by atoms with Gasteiger partial charge < -0.3 is 34.6 Å². The third-order valence-corrected chi connectivity index (χ3v) is 15.8. The molecular weight excluding hydrogens is 893 g/mol. The molecule has 8 atom stereocenters. The van der Waals surface area contributed by atoms with E-state index < -0.39 is 24.3 Å². The van der Waals surface area contributed by atoms with Gasteiger partial charge in [-0.2, -0.15) is 0 Å². The van der Waals surface area contributed by atoms with Gasteiger partial charge >= 0.3 is 12.2 Å². The average Bonchev–Trinajstić information content (AvgIpc) is 4.04. The lowest BCUT2D eigenvalue weighted by atomic mass is 9.87. The van der Waals surface area contributed by atoms with Crippen molar-refractivity contribution in [3.05, 3.63) is 156 Å². The number of carbonyl (C=O) groups excluding carboxylic acids is 4. The van der Waals surface area contributed by atoms with Crippen LogP contribution in [-0.4, -0.2) is 92.0 Å². The fourth-order valence-electron chi connectivity index (χ4n) is 11.6. The summed E-state index contributed by atoms with van der Waals surface area (Å²) in [5.74, 6) is 2.29. The fraction of sp³-hybridized carbons (Fsp3) is 0.333. The van der Waals surface area contributed by atoms with Gasteiger partial charge in [-0.3, -0.25) is 14.5 Å². The van der Waals surface area contributed by atoms with Crippen LogP contribution in [-0.2, 0) is 25.6 Å². The highest BCUT2D eigenvalue weighted by Crippen LogP contribution is 2.51. The quantitative estimate of drug-likeness (QED) is 0.0961. The van der Waals surface area contributed by atoms with E-state index in [1.807, 2.05) is 76.7 Å². The zero-order valence-electron chi connectivity index (χ0n) is 40.5. The van der Waals surface area contributed by atoms with Gasteiger partial charge in [0.1, 0.15) is 23.7 Å². The van der Waals surface area contributed by atoms with Crippen molar-refractivity contribution >= 4 is 45.8 Å². The summed E-state index contributed by atoms with van der Waals surface area (Å²) in [5.41, 5.74) is 8.25. The van der Waals surface area contributed by atoms with Crippen LogP contribution in [0.1, 0.15) is 91.9 Å². The smallest absolute Gasteiger partial charge is 0.410 e. The van der Waals surface area contributed by atoms with Crippen LogP contribution in [0.4, 0.5) is 9.59 Å². The molecule has 14 heteroatoms. The van der Waals surface area contributed by atoms with Crippen molar-refractivity contribution in [2.45, 2.75) is 82.2 Å². The molecule has 0 radical (unpaired) electrons. The highest BCUT2D eigenvalue weighted by molar-refractivity contribution is 6.05. The van der Waals surface area contributed by atoms with Gasteiger partial charge in [-0.25, -0.2) is 19.6 Å². The molecule has 2 saturated carbocycles. The molecule has 4 amide bonds. The zero-order valence-corrected chi connectivity index (χ0v) is 40.5. The summed E-state index contributed by atoms with van der Waals surface area (Å²) in [5, 5.41) is 4.86. The van der Waals surface area contributed by atoms with Crippen molar-refractivity contribution in [1.29, 1.82) is 0 Å². The van der Waals surface area contributed by atoms with E-state index >= 15 is 0 Å². The van der Waals surface area contributed by atoms with Crippen LogP contribution in [0.25, 0.3) is 44.2 Å².